The Bertz CT molecular complexity index is 644. The van der Waals surface area contributed by atoms with Crippen molar-refractivity contribution in [3.63, 3.8) is 0 Å². The number of hydrogen-bond donors (Lipinski definition) is 1. The number of aromatic nitrogens is 2. The van der Waals surface area contributed by atoms with E-state index < -0.39 is 0 Å². The van der Waals surface area contributed by atoms with Gasteiger partial charge in [0.15, 0.2) is 0 Å². The summed E-state index contributed by atoms with van der Waals surface area (Å²) >= 11 is 0. The number of nitrogens with zero attached hydrogens (tertiary/aromatic N) is 3. The average molecular weight is 341 g/mol. The molecule has 1 saturated heterocycles. The number of rotatable bonds is 3. The normalized spacial score (nSPS) is 21.0. The summed E-state index contributed by atoms with van der Waals surface area (Å²) in [5, 5.41) is 3.97. The zero-order valence-electron chi connectivity index (χ0n) is 13.3. The van der Waals surface area contributed by atoms with E-state index in [2.05, 4.69) is 28.9 Å². The van der Waals surface area contributed by atoms with Gasteiger partial charge in [-0.2, -0.15) is 4.98 Å². The van der Waals surface area contributed by atoms with E-state index in [1.165, 1.54) is 12.1 Å². The van der Waals surface area contributed by atoms with Crippen molar-refractivity contribution in [3.8, 4) is 11.4 Å². The van der Waals surface area contributed by atoms with Crippen LogP contribution in [0.15, 0.2) is 28.8 Å². The molecule has 7 heteroatoms. The van der Waals surface area contributed by atoms with Crippen molar-refractivity contribution in [2.45, 2.75) is 32.9 Å². The first kappa shape index (κ1) is 17.8. The fourth-order valence-electron chi connectivity index (χ4n) is 2.85. The average Bonchev–Trinajstić information content (AvgIpc) is 2.92. The molecular weight excluding hydrogens is 319 g/mol. The molecule has 5 nitrogen and oxygen atoms in total. The smallest absolute Gasteiger partial charge is 0.241 e. The highest BCUT2D eigenvalue weighted by atomic mass is 35.5. The molecule has 1 unspecified atom stereocenters. The minimum absolute atomic E-state index is 0. The first-order chi connectivity index (χ1) is 10.4. The predicted octanol–water partition coefficient (Wildman–Crippen LogP) is 2.86. The molecule has 2 N–H and O–H groups in total. The van der Waals surface area contributed by atoms with Crippen molar-refractivity contribution in [2.24, 2.45) is 11.1 Å². The number of piperidine rings is 1. The van der Waals surface area contributed by atoms with E-state index in [0.29, 0.717) is 18.3 Å². The van der Waals surface area contributed by atoms with Gasteiger partial charge in [-0.1, -0.05) is 19.0 Å². The van der Waals surface area contributed by atoms with Gasteiger partial charge in [-0.3, -0.25) is 4.90 Å². The van der Waals surface area contributed by atoms with Crippen LogP contribution < -0.4 is 5.73 Å². The highest BCUT2D eigenvalue weighted by Crippen LogP contribution is 2.28. The predicted molar refractivity (Wildman–Crippen MR) is 88.6 cm³/mol. The first-order valence-corrected chi connectivity index (χ1v) is 7.50. The third kappa shape index (κ3) is 4.07. The van der Waals surface area contributed by atoms with Gasteiger partial charge in [0.05, 0.1) is 6.54 Å². The van der Waals surface area contributed by atoms with E-state index >= 15 is 0 Å². The van der Waals surface area contributed by atoms with Crippen molar-refractivity contribution in [1.29, 1.82) is 0 Å². The van der Waals surface area contributed by atoms with Crippen molar-refractivity contribution in [3.05, 3.63) is 36.0 Å². The van der Waals surface area contributed by atoms with Gasteiger partial charge < -0.3 is 10.3 Å². The second kappa shape index (κ2) is 6.95. The lowest BCUT2D eigenvalue weighted by Gasteiger charge is -2.42. The molecule has 3 rings (SSSR count). The van der Waals surface area contributed by atoms with Crippen LogP contribution in [-0.4, -0.2) is 34.2 Å². The zero-order chi connectivity index (χ0) is 15.7. The van der Waals surface area contributed by atoms with E-state index in [0.717, 1.165) is 25.1 Å². The van der Waals surface area contributed by atoms with Crippen LogP contribution in [0.1, 0.15) is 26.2 Å². The van der Waals surface area contributed by atoms with Crippen LogP contribution in [0.2, 0.25) is 0 Å². The summed E-state index contributed by atoms with van der Waals surface area (Å²) in [4.78, 5) is 6.68. The quantitative estimate of drug-likeness (QED) is 0.930. The maximum Gasteiger partial charge on any atom is 0.241 e. The molecule has 1 aliphatic heterocycles. The van der Waals surface area contributed by atoms with Gasteiger partial charge in [0, 0.05) is 24.7 Å². The molecule has 1 aliphatic rings. The van der Waals surface area contributed by atoms with Crippen LogP contribution in [0.25, 0.3) is 11.4 Å². The van der Waals surface area contributed by atoms with E-state index in [-0.39, 0.29) is 29.7 Å². The highest BCUT2D eigenvalue weighted by Gasteiger charge is 2.33. The Hall–Kier alpha value is -1.50. The van der Waals surface area contributed by atoms with Gasteiger partial charge in [-0.25, -0.2) is 4.39 Å². The van der Waals surface area contributed by atoms with Crippen molar-refractivity contribution in [2.75, 3.05) is 13.1 Å². The number of likely N-dealkylation sites (tertiary alicyclic amines) is 1. The topological polar surface area (TPSA) is 68.2 Å². The Labute approximate surface area is 141 Å². The highest BCUT2D eigenvalue weighted by molar-refractivity contribution is 5.85. The van der Waals surface area contributed by atoms with Gasteiger partial charge in [0.2, 0.25) is 11.7 Å². The molecule has 1 aromatic carbocycles. The Morgan fingerprint density at radius 2 is 2.04 bits per heavy atom. The van der Waals surface area contributed by atoms with Crippen LogP contribution in [0.5, 0.6) is 0 Å². The molecule has 1 atom stereocenters. The van der Waals surface area contributed by atoms with Crippen LogP contribution in [0.3, 0.4) is 0 Å². The lowest BCUT2D eigenvalue weighted by Crippen LogP contribution is -2.52. The lowest BCUT2D eigenvalue weighted by atomic mass is 9.80. The number of benzene rings is 1. The fraction of sp³-hybridized carbons (Fsp3) is 0.500. The molecule has 0 aliphatic carbocycles. The van der Waals surface area contributed by atoms with Gasteiger partial charge in [-0.15, -0.1) is 12.4 Å². The van der Waals surface area contributed by atoms with Crippen LogP contribution in [0, 0.1) is 11.2 Å². The summed E-state index contributed by atoms with van der Waals surface area (Å²) in [5.74, 6) is 0.785. The Morgan fingerprint density at radius 1 is 1.35 bits per heavy atom. The van der Waals surface area contributed by atoms with E-state index in [9.17, 15) is 4.39 Å². The minimum atomic E-state index is -0.278. The minimum Gasteiger partial charge on any atom is -0.338 e. The second-order valence-corrected chi connectivity index (χ2v) is 6.61. The molecule has 0 radical (unpaired) electrons. The molecule has 126 valence electrons. The number of hydrogen-bond acceptors (Lipinski definition) is 5. The van der Waals surface area contributed by atoms with E-state index in [4.69, 9.17) is 10.3 Å². The van der Waals surface area contributed by atoms with Crippen LogP contribution in [-0.2, 0) is 6.54 Å². The maximum absolute atomic E-state index is 12.9. The summed E-state index contributed by atoms with van der Waals surface area (Å²) in [5.41, 5.74) is 6.98. The first-order valence-electron chi connectivity index (χ1n) is 7.50. The zero-order valence-corrected chi connectivity index (χ0v) is 14.1. The van der Waals surface area contributed by atoms with Gasteiger partial charge >= 0.3 is 0 Å². The van der Waals surface area contributed by atoms with Gasteiger partial charge in [0.1, 0.15) is 5.82 Å². The van der Waals surface area contributed by atoms with Crippen molar-refractivity contribution in [1.82, 2.24) is 15.0 Å². The third-order valence-corrected chi connectivity index (χ3v) is 4.32. The SMILES string of the molecule is CC1(C)CN(Cc2nc(-c3ccc(F)cc3)no2)CCC1N.Cl. The summed E-state index contributed by atoms with van der Waals surface area (Å²) in [6.45, 7) is 6.81. The molecule has 0 amide bonds. The molecular formula is C16H22ClFN4O. The Balaban J connectivity index is 0.00000192. The standard InChI is InChI=1S/C16H21FN4O.ClH/c1-16(2)10-21(8-7-13(16)18)9-14-19-15(20-22-14)11-3-5-12(17)6-4-11;/h3-6,13H,7-10,18H2,1-2H3;1H. The second-order valence-electron chi connectivity index (χ2n) is 6.61. The Kier molecular flexibility index (Phi) is 5.39. The molecule has 2 aromatic rings. The van der Waals surface area contributed by atoms with Gasteiger partial charge in [-0.05, 0) is 36.1 Å². The lowest BCUT2D eigenvalue weighted by molar-refractivity contribution is 0.0811. The molecule has 2 heterocycles. The summed E-state index contributed by atoms with van der Waals surface area (Å²) in [6, 6.07) is 6.29. The molecule has 0 spiro atoms. The Morgan fingerprint density at radius 3 is 2.70 bits per heavy atom. The molecule has 0 bridgehead atoms. The van der Waals surface area contributed by atoms with Crippen molar-refractivity contribution < 1.29 is 8.91 Å². The summed E-state index contributed by atoms with van der Waals surface area (Å²) < 4.78 is 18.3. The largest absolute Gasteiger partial charge is 0.338 e. The molecule has 1 fully saturated rings. The van der Waals surface area contributed by atoms with Crippen LogP contribution >= 0.6 is 12.4 Å². The van der Waals surface area contributed by atoms with E-state index in [1.54, 1.807) is 12.1 Å². The number of nitrogens with two attached hydrogens (primary N) is 1. The van der Waals surface area contributed by atoms with E-state index in [1.807, 2.05) is 0 Å². The monoisotopic (exact) mass is 340 g/mol. The molecule has 0 saturated carbocycles. The van der Waals surface area contributed by atoms with Crippen molar-refractivity contribution >= 4 is 12.4 Å². The van der Waals surface area contributed by atoms with Crippen LogP contribution in [0.4, 0.5) is 4.39 Å². The molecule has 23 heavy (non-hydrogen) atoms. The summed E-state index contributed by atoms with van der Waals surface area (Å²) in [7, 11) is 0. The third-order valence-electron chi connectivity index (χ3n) is 4.32. The van der Waals surface area contributed by atoms with Gasteiger partial charge in [0.25, 0.3) is 0 Å². The summed E-state index contributed by atoms with van der Waals surface area (Å²) in [6.07, 6.45) is 0.964. The maximum atomic E-state index is 12.9. The number of halogens is 2. The fourth-order valence-corrected chi connectivity index (χ4v) is 2.85. The molecule has 1 aromatic heterocycles.